The summed E-state index contributed by atoms with van der Waals surface area (Å²) in [7, 11) is 0. The Labute approximate surface area is 127 Å². The van der Waals surface area contributed by atoms with Crippen molar-refractivity contribution in [1.82, 2.24) is 9.97 Å². The molecule has 0 fully saturated rings. The molecule has 1 aromatic heterocycles. The van der Waals surface area contributed by atoms with Crippen LogP contribution in [0.1, 0.15) is 30.3 Å². The van der Waals surface area contributed by atoms with Crippen LogP contribution >= 0.6 is 11.6 Å². The van der Waals surface area contributed by atoms with Crippen LogP contribution in [0.3, 0.4) is 0 Å². The second kappa shape index (κ2) is 6.51. The number of hydrogen-bond acceptors (Lipinski definition) is 4. The first-order valence-electron chi connectivity index (χ1n) is 6.55. The third-order valence-electron chi connectivity index (χ3n) is 2.98. The van der Waals surface area contributed by atoms with E-state index in [2.05, 4.69) is 15.3 Å². The molecule has 1 N–H and O–H groups in total. The van der Waals surface area contributed by atoms with E-state index < -0.39 is 5.82 Å². The fraction of sp³-hybridized carbons (Fsp3) is 0.267. The number of halogens is 2. The van der Waals surface area contributed by atoms with Crippen LogP contribution in [0, 0.1) is 24.1 Å². The van der Waals surface area contributed by atoms with Gasteiger partial charge in [-0.15, -0.1) is 0 Å². The third kappa shape index (κ3) is 3.29. The Bertz CT molecular complexity index is 710. The summed E-state index contributed by atoms with van der Waals surface area (Å²) in [5, 5.41) is 12.4. The quantitative estimate of drug-likeness (QED) is 0.862. The molecule has 0 spiro atoms. The second-order valence-corrected chi connectivity index (χ2v) is 4.91. The molecule has 4 nitrogen and oxygen atoms in total. The minimum absolute atomic E-state index is 0.0522. The molecule has 2 aromatic rings. The van der Waals surface area contributed by atoms with Crippen molar-refractivity contribution >= 4 is 23.1 Å². The molecule has 0 amide bonds. The molecule has 0 radical (unpaired) electrons. The van der Waals surface area contributed by atoms with Gasteiger partial charge in [0.05, 0.1) is 5.69 Å². The molecular formula is C15H14ClFN4. The topological polar surface area (TPSA) is 61.6 Å². The SMILES string of the molecule is CCCc1nc(Cl)c(C)c(Nc2cccc(F)c2C#N)n1. The summed E-state index contributed by atoms with van der Waals surface area (Å²) in [6.07, 6.45) is 1.59. The Balaban J connectivity index is 2.45. The van der Waals surface area contributed by atoms with Crippen molar-refractivity contribution in [2.24, 2.45) is 0 Å². The molecule has 0 aliphatic carbocycles. The first-order chi connectivity index (χ1) is 10.1. The molecule has 6 heteroatoms. The fourth-order valence-corrected chi connectivity index (χ4v) is 2.05. The highest BCUT2D eigenvalue weighted by Gasteiger charge is 2.13. The molecule has 0 unspecified atom stereocenters. The zero-order valence-corrected chi connectivity index (χ0v) is 12.5. The Kier molecular flexibility index (Phi) is 4.71. The van der Waals surface area contributed by atoms with Gasteiger partial charge in [-0.2, -0.15) is 5.26 Å². The van der Waals surface area contributed by atoms with Crippen LogP contribution in [0.2, 0.25) is 5.15 Å². The van der Waals surface area contributed by atoms with Crippen LogP contribution in [-0.4, -0.2) is 9.97 Å². The fourth-order valence-electron chi connectivity index (χ4n) is 1.86. The van der Waals surface area contributed by atoms with Crippen molar-refractivity contribution in [1.29, 1.82) is 5.26 Å². The van der Waals surface area contributed by atoms with Crippen molar-refractivity contribution in [2.45, 2.75) is 26.7 Å². The summed E-state index contributed by atoms with van der Waals surface area (Å²) >= 11 is 6.10. The van der Waals surface area contributed by atoms with Gasteiger partial charge in [0.25, 0.3) is 0 Å². The average Bonchev–Trinajstić information content (AvgIpc) is 2.45. The van der Waals surface area contributed by atoms with E-state index in [4.69, 9.17) is 16.9 Å². The Morgan fingerprint density at radius 2 is 2.14 bits per heavy atom. The van der Waals surface area contributed by atoms with Gasteiger partial charge in [-0.25, -0.2) is 14.4 Å². The van der Waals surface area contributed by atoms with Gasteiger partial charge in [0.2, 0.25) is 0 Å². The van der Waals surface area contributed by atoms with Gasteiger partial charge >= 0.3 is 0 Å². The molecule has 0 bridgehead atoms. The van der Waals surface area contributed by atoms with Gasteiger partial charge in [-0.1, -0.05) is 24.6 Å². The number of aryl methyl sites for hydroxylation is 1. The van der Waals surface area contributed by atoms with Gasteiger partial charge in [0, 0.05) is 12.0 Å². The van der Waals surface area contributed by atoms with E-state index in [0.717, 1.165) is 6.42 Å². The van der Waals surface area contributed by atoms with Crippen LogP contribution in [0.25, 0.3) is 0 Å². The smallest absolute Gasteiger partial charge is 0.143 e. The number of hydrogen-bond donors (Lipinski definition) is 1. The molecule has 0 aliphatic rings. The Morgan fingerprint density at radius 3 is 2.81 bits per heavy atom. The summed E-state index contributed by atoms with van der Waals surface area (Å²) in [6.45, 7) is 3.79. The summed E-state index contributed by atoms with van der Waals surface area (Å²) in [6, 6.07) is 6.24. The summed E-state index contributed by atoms with van der Waals surface area (Å²) in [5.41, 5.74) is 0.964. The zero-order chi connectivity index (χ0) is 15.4. The van der Waals surface area contributed by atoms with E-state index in [1.165, 1.54) is 12.1 Å². The highest BCUT2D eigenvalue weighted by atomic mass is 35.5. The molecular weight excluding hydrogens is 291 g/mol. The molecule has 0 atom stereocenters. The number of rotatable bonds is 4. The van der Waals surface area contributed by atoms with Crippen molar-refractivity contribution in [3.63, 3.8) is 0 Å². The monoisotopic (exact) mass is 304 g/mol. The van der Waals surface area contributed by atoms with E-state index >= 15 is 0 Å². The molecule has 21 heavy (non-hydrogen) atoms. The molecule has 108 valence electrons. The van der Waals surface area contributed by atoms with Crippen molar-refractivity contribution in [3.8, 4) is 6.07 Å². The lowest BCUT2D eigenvalue weighted by molar-refractivity contribution is 0.624. The number of anilines is 2. The van der Waals surface area contributed by atoms with Crippen LogP contribution < -0.4 is 5.32 Å². The summed E-state index contributed by atoms with van der Waals surface area (Å²) in [4.78, 5) is 8.58. The first-order valence-corrected chi connectivity index (χ1v) is 6.93. The maximum absolute atomic E-state index is 13.6. The number of benzene rings is 1. The Hall–Kier alpha value is -2.19. The zero-order valence-electron chi connectivity index (χ0n) is 11.7. The van der Waals surface area contributed by atoms with E-state index in [-0.39, 0.29) is 5.56 Å². The van der Waals surface area contributed by atoms with Gasteiger partial charge < -0.3 is 5.32 Å². The van der Waals surface area contributed by atoms with Crippen LogP contribution in [-0.2, 0) is 6.42 Å². The van der Waals surface area contributed by atoms with E-state index in [9.17, 15) is 4.39 Å². The summed E-state index contributed by atoms with van der Waals surface area (Å²) in [5.74, 6) is 0.528. The normalized spacial score (nSPS) is 10.2. The number of nitrogens with one attached hydrogen (secondary N) is 1. The molecule has 0 saturated heterocycles. The van der Waals surface area contributed by atoms with Crippen molar-refractivity contribution in [2.75, 3.05) is 5.32 Å². The van der Waals surface area contributed by atoms with E-state index in [1.54, 1.807) is 13.0 Å². The third-order valence-corrected chi connectivity index (χ3v) is 3.35. The molecule has 0 saturated carbocycles. The van der Waals surface area contributed by atoms with Crippen LogP contribution in [0.15, 0.2) is 18.2 Å². The van der Waals surface area contributed by atoms with E-state index in [0.29, 0.717) is 34.5 Å². The van der Waals surface area contributed by atoms with Gasteiger partial charge in [-0.3, -0.25) is 0 Å². The molecule has 0 aliphatic heterocycles. The predicted molar refractivity (Wildman–Crippen MR) is 80.2 cm³/mol. The van der Waals surface area contributed by atoms with Crippen molar-refractivity contribution < 1.29 is 4.39 Å². The Morgan fingerprint density at radius 1 is 1.38 bits per heavy atom. The largest absolute Gasteiger partial charge is 0.339 e. The number of nitrogens with zero attached hydrogens (tertiary/aromatic N) is 3. The lowest BCUT2D eigenvalue weighted by Crippen LogP contribution is -2.05. The van der Waals surface area contributed by atoms with Crippen LogP contribution in [0.4, 0.5) is 15.9 Å². The minimum Gasteiger partial charge on any atom is -0.339 e. The maximum Gasteiger partial charge on any atom is 0.143 e. The lowest BCUT2D eigenvalue weighted by Gasteiger charge is -2.12. The lowest BCUT2D eigenvalue weighted by atomic mass is 10.1. The first kappa shape index (κ1) is 15.2. The average molecular weight is 305 g/mol. The summed E-state index contributed by atoms with van der Waals surface area (Å²) < 4.78 is 13.6. The minimum atomic E-state index is -0.575. The maximum atomic E-state index is 13.6. The standard InChI is InChI=1S/C15H14ClFN4/c1-3-5-13-20-14(16)9(2)15(21-13)19-12-7-4-6-11(17)10(12)8-18/h4,6-7H,3,5H2,1-2H3,(H,19,20,21). The van der Waals surface area contributed by atoms with Gasteiger partial charge in [-0.05, 0) is 25.5 Å². The van der Waals surface area contributed by atoms with Gasteiger partial charge in [0.1, 0.15) is 34.2 Å². The predicted octanol–water partition coefficient (Wildman–Crippen LogP) is 4.15. The van der Waals surface area contributed by atoms with Gasteiger partial charge in [0.15, 0.2) is 0 Å². The number of aromatic nitrogens is 2. The second-order valence-electron chi connectivity index (χ2n) is 4.55. The highest BCUT2D eigenvalue weighted by Crippen LogP contribution is 2.26. The molecule has 1 aromatic carbocycles. The number of nitriles is 1. The van der Waals surface area contributed by atoms with Crippen LogP contribution in [0.5, 0.6) is 0 Å². The highest BCUT2D eigenvalue weighted by molar-refractivity contribution is 6.30. The molecule has 2 rings (SSSR count). The van der Waals surface area contributed by atoms with E-state index in [1.807, 2.05) is 13.0 Å². The molecule has 1 heterocycles. The van der Waals surface area contributed by atoms with Crippen molar-refractivity contribution in [3.05, 3.63) is 46.1 Å².